The molecule has 1 aromatic rings. The molecule has 0 aliphatic carbocycles. The Kier molecular flexibility index (Phi) is 4.20. The molecule has 19 heavy (non-hydrogen) atoms. The first kappa shape index (κ1) is 14.0. The van der Waals surface area contributed by atoms with Crippen molar-refractivity contribution < 1.29 is 14.2 Å². The lowest BCUT2D eigenvalue weighted by Gasteiger charge is -2.26. The zero-order valence-electron chi connectivity index (χ0n) is 12.2. The van der Waals surface area contributed by atoms with Gasteiger partial charge in [-0.3, -0.25) is 0 Å². The minimum atomic E-state index is 0.137. The average molecular weight is 265 g/mol. The van der Waals surface area contributed by atoms with Crippen molar-refractivity contribution in [3.8, 4) is 17.2 Å². The van der Waals surface area contributed by atoms with Crippen molar-refractivity contribution in [3.05, 3.63) is 17.7 Å². The van der Waals surface area contributed by atoms with E-state index in [0.717, 1.165) is 30.0 Å². The molecule has 2 rings (SSSR count). The van der Waals surface area contributed by atoms with Gasteiger partial charge in [-0.1, -0.05) is 13.3 Å². The Morgan fingerprint density at radius 2 is 2.11 bits per heavy atom. The zero-order chi connectivity index (χ0) is 13.9. The first-order valence-corrected chi connectivity index (χ1v) is 6.77. The summed E-state index contributed by atoms with van der Waals surface area (Å²) >= 11 is 0. The van der Waals surface area contributed by atoms with Gasteiger partial charge in [-0.15, -0.1) is 0 Å². The summed E-state index contributed by atoms with van der Waals surface area (Å²) in [6.07, 6.45) is 2.32. The molecule has 0 fully saturated rings. The second-order valence-electron chi connectivity index (χ2n) is 5.52. The van der Waals surface area contributed by atoms with E-state index < -0.39 is 0 Å². The molecule has 0 aromatic heterocycles. The lowest BCUT2D eigenvalue weighted by Crippen LogP contribution is -2.38. The SMILES string of the molecule is CCCC(C)(C)NCc1cc(OC)c2c(c1)OCO2. The van der Waals surface area contributed by atoms with E-state index in [-0.39, 0.29) is 12.3 Å². The number of rotatable bonds is 6. The number of methoxy groups -OCH3 is 1. The standard InChI is InChI=1S/C15H23NO3/c1-5-6-15(2,3)16-9-11-7-12(17-4)14-13(8-11)18-10-19-14/h7-8,16H,5-6,9-10H2,1-4H3. The van der Waals surface area contributed by atoms with Gasteiger partial charge in [0.1, 0.15) is 0 Å². The summed E-state index contributed by atoms with van der Waals surface area (Å²) in [6, 6.07) is 4.02. The maximum absolute atomic E-state index is 5.43. The van der Waals surface area contributed by atoms with Crippen LogP contribution in [0.3, 0.4) is 0 Å². The summed E-state index contributed by atoms with van der Waals surface area (Å²) in [5.41, 5.74) is 1.28. The molecular formula is C15H23NO3. The Labute approximate surface area is 115 Å². The molecule has 1 aromatic carbocycles. The van der Waals surface area contributed by atoms with E-state index in [2.05, 4.69) is 26.1 Å². The zero-order valence-corrected chi connectivity index (χ0v) is 12.2. The highest BCUT2D eigenvalue weighted by Gasteiger charge is 2.21. The summed E-state index contributed by atoms with van der Waals surface area (Å²) in [5.74, 6) is 2.21. The minimum absolute atomic E-state index is 0.137. The van der Waals surface area contributed by atoms with Gasteiger partial charge in [-0.05, 0) is 38.0 Å². The molecule has 0 amide bonds. The van der Waals surface area contributed by atoms with Gasteiger partial charge in [0, 0.05) is 12.1 Å². The first-order chi connectivity index (χ1) is 9.05. The Hall–Kier alpha value is -1.42. The van der Waals surface area contributed by atoms with E-state index in [1.807, 2.05) is 12.1 Å². The molecule has 0 saturated heterocycles. The van der Waals surface area contributed by atoms with Gasteiger partial charge in [0.15, 0.2) is 11.5 Å². The van der Waals surface area contributed by atoms with Crippen LogP contribution in [0.5, 0.6) is 17.2 Å². The third-order valence-electron chi connectivity index (χ3n) is 3.36. The number of ether oxygens (including phenoxy) is 3. The predicted molar refractivity (Wildman–Crippen MR) is 74.9 cm³/mol. The van der Waals surface area contributed by atoms with Crippen LogP contribution in [0.4, 0.5) is 0 Å². The van der Waals surface area contributed by atoms with Crippen molar-refractivity contribution in [2.75, 3.05) is 13.9 Å². The van der Waals surface area contributed by atoms with Gasteiger partial charge in [0.25, 0.3) is 0 Å². The molecule has 0 unspecified atom stereocenters. The predicted octanol–water partition coefficient (Wildman–Crippen LogP) is 3.09. The summed E-state index contributed by atoms with van der Waals surface area (Å²) < 4.78 is 16.2. The third-order valence-corrected chi connectivity index (χ3v) is 3.36. The quantitative estimate of drug-likeness (QED) is 0.858. The number of hydrogen-bond donors (Lipinski definition) is 1. The van der Waals surface area contributed by atoms with Gasteiger partial charge in [-0.2, -0.15) is 0 Å². The summed E-state index contributed by atoms with van der Waals surface area (Å²) in [7, 11) is 1.65. The van der Waals surface area contributed by atoms with Crippen molar-refractivity contribution in [1.29, 1.82) is 0 Å². The highest BCUT2D eigenvalue weighted by Crippen LogP contribution is 2.41. The van der Waals surface area contributed by atoms with Crippen LogP contribution in [0, 0.1) is 0 Å². The molecule has 0 radical (unpaired) electrons. The first-order valence-electron chi connectivity index (χ1n) is 6.77. The summed E-state index contributed by atoms with van der Waals surface area (Å²) in [4.78, 5) is 0. The highest BCUT2D eigenvalue weighted by molar-refractivity contribution is 5.55. The fraction of sp³-hybridized carbons (Fsp3) is 0.600. The van der Waals surface area contributed by atoms with Crippen molar-refractivity contribution >= 4 is 0 Å². The van der Waals surface area contributed by atoms with E-state index in [9.17, 15) is 0 Å². The fourth-order valence-corrected chi connectivity index (χ4v) is 2.34. The summed E-state index contributed by atoms with van der Waals surface area (Å²) in [5, 5.41) is 3.57. The molecule has 0 bridgehead atoms. The van der Waals surface area contributed by atoms with E-state index >= 15 is 0 Å². The van der Waals surface area contributed by atoms with Gasteiger partial charge in [0.2, 0.25) is 12.5 Å². The minimum Gasteiger partial charge on any atom is -0.493 e. The Morgan fingerprint density at radius 3 is 2.79 bits per heavy atom. The Balaban J connectivity index is 2.09. The Bertz CT molecular complexity index is 443. The summed E-state index contributed by atoms with van der Waals surface area (Å²) in [6.45, 7) is 7.71. The van der Waals surface area contributed by atoms with E-state index in [0.29, 0.717) is 5.75 Å². The molecule has 1 heterocycles. The van der Waals surface area contributed by atoms with E-state index in [1.54, 1.807) is 7.11 Å². The van der Waals surface area contributed by atoms with Gasteiger partial charge in [0.05, 0.1) is 7.11 Å². The van der Waals surface area contributed by atoms with Crippen LogP contribution in [-0.2, 0) is 6.54 Å². The van der Waals surface area contributed by atoms with Crippen LogP contribution in [-0.4, -0.2) is 19.4 Å². The van der Waals surface area contributed by atoms with Gasteiger partial charge in [-0.25, -0.2) is 0 Å². The van der Waals surface area contributed by atoms with Crippen molar-refractivity contribution in [2.24, 2.45) is 0 Å². The molecular weight excluding hydrogens is 242 g/mol. The van der Waals surface area contributed by atoms with Crippen LogP contribution in [0.2, 0.25) is 0 Å². The van der Waals surface area contributed by atoms with Crippen LogP contribution < -0.4 is 19.5 Å². The van der Waals surface area contributed by atoms with Gasteiger partial charge < -0.3 is 19.5 Å². The normalized spacial score (nSPS) is 13.7. The van der Waals surface area contributed by atoms with Crippen LogP contribution in [0.15, 0.2) is 12.1 Å². The lowest BCUT2D eigenvalue weighted by atomic mass is 9.98. The van der Waals surface area contributed by atoms with Crippen molar-refractivity contribution in [2.45, 2.75) is 45.7 Å². The van der Waals surface area contributed by atoms with Crippen molar-refractivity contribution in [3.63, 3.8) is 0 Å². The molecule has 1 N–H and O–H groups in total. The maximum atomic E-state index is 5.43. The average Bonchev–Trinajstić information content (AvgIpc) is 2.83. The van der Waals surface area contributed by atoms with E-state index in [1.165, 1.54) is 6.42 Å². The maximum Gasteiger partial charge on any atom is 0.231 e. The number of fused-ring (bicyclic) bond motifs is 1. The van der Waals surface area contributed by atoms with Gasteiger partial charge >= 0.3 is 0 Å². The van der Waals surface area contributed by atoms with Crippen LogP contribution in [0.1, 0.15) is 39.2 Å². The molecule has 106 valence electrons. The molecule has 0 saturated carbocycles. The number of nitrogens with one attached hydrogen (secondary N) is 1. The Morgan fingerprint density at radius 1 is 1.32 bits per heavy atom. The monoisotopic (exact) mass is 265 g/mol. The lowest BCUT2D eigenvalue weighted by molar-refractivity contribution is 0.171. The second-order valence-corrected chi connectivity index (χ2v) is 5.52. The number of benzene rings is 1. The fourth-order valence-electron chi connectivity index (χ4n) is 2.34. The third kappa shape index (κ3) is 3.32. The topological polar surface area (TPSA) is 39.7 Å². The van der Waals surface area contributed by atoms with Crippen LogP contribution >= 0.6 is 0 Å². The number of hydrogen-bond acceptors (Lipinski definition) is 4. The highest BCUT2D eigenvalue weighted by atomic mass is 16.7. The smallest absolute Gasteiger partial charge is 0.231 e. The largest absolute Gasteiger partial charge is 0.493 e. The second kappa shape index (κ2) is 5.70. The molecule has 4 heteroatoms. The molecule has 4 nitrogen and oxygen atoms in total. The van der Waals surface area contributed by atoms with Crippen LogP contribution in [0.25, 0.3) is 0 Å². The van der Waals surface area contributed by atoms with Crippen molar-refractivity contribution in [1.82, 2.24) is 5.32 Å². The molecule has 1 aliphatic rings. The van der Waals surface area contributed by atoms with E-state index in [4.69, 9.17) is 14.2 Å². The molecule has 0 spiro atoms. The molecule has 0 atom stereocenters. The molecule has 1 aliphatic heterocycles.